The number of benzene rings is 2. The lowest BCUT2D eigenvalue weighted by atomic mass is 10.2. The molecule has 1 aliphatic rings. The number of imidazole rings is 1. The highest BCUT2D eigenvalue weighted by atomic mass is 32.2. The maximum absolute atomic E-state index is 12.6. The molecule has 1 N–H and O–H groups in total. The first-order valence-electron chi connectivity index (χ1n) is 10.7. The molecule has 1 aliphatic heterocycles. The van der Waals surface area contributed by atoms with E-state index in [-0.39, 0.29) is 5.91 Å². The zero-order chi connectivity index (χ0) is 21.8. The SMILES string of the molecule is O=C(CSc1nnc(CCc2nc3ccccc3[nH]2)o1)N1CCN(c2ccccc2)CC1. The first kappa shape index (κ1) is 20.6. The van der Waals surface area contributed by atoms with Gasteiger partial charge in [-0.25, -0.2) is 4.98 Å². The number of para-hydroxylation sites is 3. The molecule has 0 aliphatic carbocycles. The van der Waals surface area contributed by atoms with E-state index in [1.165, 1.54) is 17.4 Å². The van der Waals surface area contributed by atoms with Gasteiger partial charge >= 0.3 is 0 Å². The predicted octanol–water partition coefficient (Wildman–Crippen LogP) is 3.17. The van der Waals surface area contributed by atoms with Crippen molar-refractivity contribution >= 4 is 34.4 Å². The Bertz CT molecular complexity index is 1150. The molecule has 4 aromatic rings. The number of carbonyl (C=O) groups is 1. The summed E-state index contributed by atoms with van der Waals surface area (Å²) in [5.41, 5.74) is 3.18. The lowest BCUT2D eigenvalue weighted by Crippen LogP contribution is -2.49. The van der Waals surface area contributed by atoms with Crippen LogP contribution in [0.1, 0.15) is 11.7 Å². The highest BCUT2D eigenvalue weighted by Crippen LogP contribution is 2.20. The molecular weight excluding hydrogens is 424 g/mol. The van der Waals surface area contributed by atoms with Crippen LogP contribution in [-0.4, -0.2) is 62.9 Å². The molecule has 8 nitrogen and oxygen atoms in total. The van der Waals surface area contributed by atoms with Gasteiger partial charge in [-0.3, -0.25) is 4.79 Å². The van der Waals surface area contributed by atoms with E-state index in [1.54, 1.807) is 0 Å². The highest BCUT2D eigenvalue weighted by Gasteiger charge is 2.22. The maximum atomic E-state index is 12.6. The number of amides is 1. The quantitative estimate of drug-likeness (QED) is 0.434. The van der Waals surface area contributed by atoms with Crippen molar-refractivity contribution in [2.45, 2.75) is 18.1 Å². The van der Waals surface area contributed by atoms with E-state index in [2.05, 4.69) is 37.2 Å². The molecule has 164 valence electrons. The summed E-state index contributed by atoms with van der Waals surface area (Å²) in [6.45, 7) is 3.13. The standard InChI is InChI=1S/C23H24N6O2S/c30-22(29-14-12-28(13-15-29)17-6-2-1-3-7-17)16-32-23-27-26-21(31-23)11-10-20-24-18-8-4-5-9-19(18)25-20/h1-9H,10-16H2,(H,24,25). The van der Waals surface area contributed by atoms with Crippen molar-refractivity contribution in [3.8, 4) is 0 Å². The monoisotopic (exact) mass is 448 g/mol. The third kappa shape index (κ3) is 4.77. The summed E-state index contributed by atoms with van der Waals surface area (Å²) >= 11 is 1.30. The number of anilines is 1. The normalized spacial score (nSPS) is 14.2. The summed E-state index contributed by atoms with van der Waals surface area (Å²) in [5, 5.41) is 8.62. The highest BCUT2D eigenvalue weighted by molar-refractivity contribution is 7.99. The second kappa shape index (κ2) is 9.44. The van der Waals surface area contributed by atoms with Gasteiger partial charge in [-0.15, -0.1) is 10.2 Å². The van der Waals surface area contributed by atoms with Crippen LogP contribution in [0.2, 0.25) is 0 Å². The number of hydrogen-bond donors (Lipinski definition) is 1. The fraction of sp³-hybridized carbons (Fsp3) is 0.304. The van der Waals surface area contributed by atoms with Crippen molar-refractivity contribution in [3.05, 3.63) is 66.3 Å². The van der Waals surface area contributed by atoms with Gasteiger partial charge < -0.3 is 19.2 Å². The van der Waals surface area contributed by atoms with E-state index in [4.69, 9.17) is 4.42 Å². The van der Waals surface area contributed by atoms with Gasteiger partial charge in [0.25, 0.3) is 5.22 Å². The van der Waals surface area contributed by atoms with E-state index in [1.807, 2.05) is 47.4 Å². The Balaban J connectivity index is 1.08. The van der Waals surface area contributed by atoms with Crippen molar-refractivity contribution in [1.29, 1.82) is 0 Å². The summed E-state index contributed by atoms with van der Waals surface area (Å²) in [6.07, 6.45) is 1.29. The fourth-order valence-electron chi connectivity index (χ4n) is 3.81. The number of nitrogens with one attached hydrogen (secondary N) is 1. The van der Waals surface area contributed by atoms with Crippen LogP contribution in [-0.2, 0) is 17.6 Å². The molecule has 0 spiro atoms. The summed E-state index contributed by atoms with van der Waals surface area (Å²) in [5.74, 6) is 1.85. The van der Waals surface area contributed by atoms with Crippen LogP contribution in [0, 0.1) is 0 Å². The Morgan fingerprint density at radius 2 is 1.75 bits per heavy atom. The molecule has 0 atom stereocenters. The first-order valence-corrected chi connectivity index (χ1v) is 11.7. The van der Waals surface area contributed by atoms with Crippen LogP contribution in [0.5, 0.6) is 0 Å². The lowest BCUT2D eigenvalue weighted by Gasteiger charge is -2.36. The number of aryl methyl sites for hydroxylation is 2. The second-order valence-corrected chi connectivity index (χ2v) is 8.58. The largest absolute Gasteiger partial charge is 0.416 e. The van der Waals surface area contributed by atoms with Gasteiger partial charge in [-0.1, -0.05) is 42.1 Å². The van der Waals surface area contributed by atoms with Crippen molar-refractivity contribution < 1.29 is 9.21 Å². The molecule has 0 unspecified atom stereocenters. The number of H-pyrrole nitrogens is 1. The van der Waals surface area contributed by atoms with E-state index < -0.39 is 0 Å². The minimum atomic E-state index is 0.102. The number of hydrogen-bond acceptors (Lipinski definition) is 7. The number of nitrogens with zero attached hydrogens (tertiary/aromatic N) is 5. The number of carbonyl (C=O) groups excluding carboxylic acids is 1. The third-order valence-corrected chi connectivity index (χ3v) is 6.34. The summed E-state index contributed by atoms with van der Waals surface area (Å²) in [6, 6.07) is 18.2. The van der Waals surface area contributed by atoms with Gasteiger partial charge in [0.1, 0.15) is 5.82 Å². The molecule has 0 bridgehead atoms. The molecule has 0 radical (unpaired) electrons. The molecule has 2 aromatic heterocycles. The summed E-state index contributed by atoms with van der Waals surface area (Å²) < 4.78 is 5.71. The molecular formula is C23H24N6O2S. The van der Waals surface area contributed by atoms with Crippen molar-refractivity contribution in [1.82, 2.24) is 25.1 Å². The Morgan fingerprint density at radius 1 is 0.969 bits per heavy atom. The summed E-state index contributed by atoms with van der Waals surface area (Å²) in [4.78, 5) is 24.7. The van der Waals surface area contributed by atoms with Gasteiger partial charge in [0, 0.05) is 44.7 Å². The Hall–Kier alpha value is -3.33. The Morgan fingerprint density at radius 3 is 2.56 bits per heavy atom. The molecule has 1 fully saturated rings. The van der Waals surface area contributed by atoms with E-state index in [0.717, 1.165) is 43.0 Å². The van der Waals surface area contributed by atoms with Crippen LogP contribution >= 0.6 is 11.8 Å². The summed E-state index contributed by atoms with van der Waals surface area (Å²) in [7, 11) is 0. The van der Waals surface area contributed by atoms with Gasteiger partial charge in [0.2, 0.25) is 11.8 Å². The van der Waals surface area contributed by atoms with Crippen molar-refractivity contribution in [2.24, 2.45) is 0 Å². The fourth-order valence-corrected chi connectivity index (χ4v) is 4.50. The lowest BCUT2D eigenvalue weighted by molar-refractivity contribution is -0.128. The Labute approximate surface area is 190 Å². The molecule has 1 amide bonds. The number of aromatic amines is 1. The third-order valence-electron chi connectivity index (χ3n) is 5.54. The number of rotatable bonds is 7. The van der Waals surface area contributed by atoms with Crippen molar-refractivity contribution in [3.63, 3.8) is 0 Å². The van der Waals surface area contributed by atoms with E-state index >= 15 is 0 Å². The Kier molecular flexibility index (Phi) is 6.06. The van der Waals surface area contributed by atoms with Crippen LogP contribution in [0.3, 0.4) is 0 Å². The number of aromatic nitrogens is 4. The molecule has 3 heterocycles. The van der Waals surface area contributed by atoms with Crippen LogP contribution in [0.25, 0.3) is 11.0 Å². The van der Waals surface area contributed by atoms with Gasteiger partial charge in [-0.2, -0.15) is 0 Å². The molecule has 2 aromatic carbocycles. The van der Waals surface area contributed by atoms with E-state index in [0.29, 0.717) is 29.7 Å². The molecule has 5 rings (SSSR count). The van der Waals surface area contributed by atoms with Crippen LogP contribution in [0.4, 0.5) is 5.69 Å². The van der Waals surface area contributed by atoms with E-state index in [9.17, 15) is 4.79 Å². The van der Waals surface area contributed by atoms with Crippen LogP contribution in [0.15, 0.2) is 64.2 Å². The molecule has 1 saturated heterocycles. The molecule has 0 saturated carbocycles. The number of piperazine rings is 1. The maximum Gasteiger partial charge on any atom is 0.277 e. The zero-order valence-corrected chi connectivity index (χ0v) is 18.4. The number of thioether (sulfide) groups is 1. The topological polar surface area (TPSA) is 91.1 Å². The first-order chi connectivity index (χ1) is 15.7. The minimum Gasteiger partial charge on any atom is -0.416 e. The average molecular weight is 449 g/mol. The average Bonchev–Trinajstić information content (AvgIpc) is 3.48. The number of fused-ring (bicyclic) bond motifs is 1. The minimum absolute atomic E-state index is 0.102. The van der Waals surface area contributed by atoms with Gasteiger partial charge in [-0.05, 0) is 24.3 Å². The van der Waals surface area contributed by atoms with Gasteiger partial charge in [0.15, 0.2) is 0 Å². The zero-order valence-electron chi connectivity index (χ0n) is 17.6. The molecule has 32 heavy (non-hydrogen) atoms. The smallest absolute Gasteiger partial charge is 0.277 e. The second-order valence-electron chi connectivity index (χ2n) is 7.65. The molecule has 9 heteroatoms. The van der Waals surface area contributed by atoms with Crippen LogP contribution < -0.4 is 4.90 Å². The predicted molar refractivity (Wildman–Crippen MR) is 124 cm³/mol. The van der Waals surface area contributed by atoms with Gasteiger partial charge in [0.05, 0.1) is 16.8 Å². The van der Waals surface area contributed by atoms with Crippen molar-refractivity contribution in [2.75, 3.05) is 36.8 Å².